The van der Waals surface area contributed by atoms with Crippen LogP contribution in [-0.4, -0.2) is 56.2 Å². The average Bonchev–Trinajstić information content (AvgIpc) is 2.11. The van der Waals surface area contributed by atoms with E-state index in [0.717, 1.165) is 0 Å². The Bertz CT molecular complexity index is 164. The first-order chi connectivity index (χ1) is 6.57. The van der Waals surface area contributed by atoms with Crippen LogP contribution in [0.25, 0.3) is 0 Å². The average molecular weight is 268 g/mol. The minimum Gasteiger partial charge on any atom is -0.382 e. The monoisotopic (exact) mass is 267 g/mol. The van der Waals surface area contributed by atoms with Gasteiger partial charge in [0, 0.05) is 25.5 Å². The largest absolute Gasteiger partial charge is 0.382 e. The molecule has 0 aliphatic carbocycles. The van der Waals surface area contributed by atoms with E-state index in [4.69, 9.17) is 9.47 Å². The first kappa shape index (κ1) is 13.9. The van der Waals surface area contributed by atoms with Crippen LogP contribution in [0.15, 0.2) is 0 Å². The highest BCUT2D eigenvalue weighted by atomic mass is 79.9. The predicted octanol–water partition coefficient (Wildman–Crippen LogP) is 0.891. The summed E-state index contributed by atoms with van der Waals surface area (Å²) in [4.78, 5) is 13.3. The number of ether oxygens (including phenoxy) is 2. The van der Waals surface area contributed by atoms with Crippen LogP contribution < -0.4 is 0 Å². The lowest BCUT2D eigenvalue weighted by Crippen LogP contribution is -2.34. The highest BCUT2D eigenvalue weighted by Gasteiger charge is 2.10. The fourth-order valence-electron chi connectivity index (χ4n) is 0.891. The summed E-state index contributed by atoms with van der Waals surface area (Å²) in [6.45, 7) is 3.79. The van der Waals surface area contributed by atoms with E-state index in [2.05, 4.69) is 15.9 Å². The van der Waals surface area contributed by atoms with E-state index >= 15 is 0 Å². The number of hydrogen-bond acceptors (Lipinski definition) is 3. The predicted molar refractivity (Wildman–Crippen MR) is 58.7 cm³/mol. The van der Waals surface area contributed by atoms with Crippen LogP contribution in [-0.2, 0) is 14.3 Å². The van der Waals surface area contributed by atoms with Crippen LogP contribution in [0.1, 0.15) is 6.92 Å². The molecular weight excluding hydrogens is 250 g/mol. The number of carbonyl (C=O) groups excluding carboxylic acids is 1. The first-order valence-corrected chi connectivity index (χ1v) is 5.44. The van der Waals surface area contributed by atoms with Gasteiger partial charge in [0.15, 0.2) is 0 Å². The number of methoxy groups -OCH3 is 1. The molecule has 14 heavy (non-hydrogen) atoms. The molecule has 5 heteroatoms. The molecule has 0 aromatic rings. The van der Waals surface area contributed by atoms with Gasteiger partial charge in [0.25, 0.3) is 0 Å². The number of nitrogens with zero attached hydrogens (tertiary/aromatic N) is 1. The van der Waals surface area contributed by atoms with E-state index in [0.29, 0.717) is 24.6 Å². The van der Waals surface area contributed by atoms with Gasteiger partial charge in [-0.1, -0.05) is 22.9 Å². The van der Waals surface area contributed by atoms with Gasteiger partial charge < -0.3 is 14.4 Å². The summed E-state index contributed by atoms with van der Waals surface area (Å²) < 4.78 is 9.90. The van der Waals surface area contributed by atoms with Crippen LogP contribution in [0.3, 0.4) is 0 Å². The Hall–Kier alpha value is -0.130. The zero-order valence-electron chi connectivity index (χ0n) is 8.96. The van der Waals surface area contributed by atoms with Gasteiger partial charge in [-0.15, -0.1) is 0 Å². The van der Waals surface area contributed by atoms with Gasteiger partial charge in [0.1, 0.15) is 6.61 Å². The SMILES string of the molecule is COCCOCC(=O)N(C)CC(C)Br. The molecule has 4 nitrogen and oxygen atoms in total. The number of rotatable bonds is 7. The number of amides is 1. The molecule has 0 aromatic carbocycles. The van der Waals surface area contributed by atoms with Crippen molar-refractivity contribution in [3.63, 3.8) is 0 Å². The molecule has 0 aliphatic heterocycles. The third-order valence-corrected chi connectivity index (χ3v) is 1.90. The van der Waals surface area contributed by atoms with E-state index < -0.39 is 0 Å². The maximum Gasteiger partial charge on any atom is 0.248 e. The van der Waals surface area contributed by atoms with Crippen molar-refractivity contribution in [1.82, 2.24) is 4.90 Å². The quantitative estimate of drug-likeness (QED) is 0.508. The lowest BCUT2D eigenvalue weighted by Gasteiger charge is -2.18. The van der Waals surface area contributed by atoms with Crippen molar-refractivity contribution in [2.75, 3.05) is 40.5 Å². The second-order valence-corrected chi connectivity index (χ2v) is 4.66. The van der Waals surface area contributed by atoms with Crippen LogP contribution in [0.5, 0.6) is 0 Å². The van der Waals surface area contributed by atoms with Crippen molar-refractivity contribution >= 4 is 21.8 Å². The lowest BCUT2D eigenvalue weighted by atomic mass is 10.4. The number of alkyl halides is 1. The molecule has 0 aromatic heterocycles. The molecule has 0 aliphatic rings. The van der Waals surface area contributed by atoms with Crippen molar-refractivity contribution < 1.29 is 14.3 Å². The van der Waals surface area contributed by atoms with Crippen molar-refractivity contribution in [1.29, 1.82) is 0 Å². The van der Waals surface area contributed by atoms with Crippen molar-refractivity contribution in [2.24, 2.45) is 0 Å². The molecule has 1 amide bonds. The summed E-state index contributed by atoms with van der Waals surface area (Å²) in [7, 11) is 3.36. The molecular formula is C9H18BrNO3. The molecule has 0 bridgehead atoms. The van der Waals surface area contributed by atoms with Gasteiger partial charge in [-0.3, -0.25) is 4.79 Å². The van der Waals surface area contributed by atoms with Gasteiger partial charge in [0.2, 0.25) is 5.91 Å². The molecule has 0 N–H and O–H groups in total. The van der Waals surface area contributed by atoms with Crippen molar-refractivity contribution in [3.05, 3.63) is 0 Å². The molecule has 0 radical (unpaired) electrons. The van der Waals surface area contributed by atoms with Crippen LogP contribution in [0.4, 0.5) is 0 Å². The molecule has 0 spiro atoms. The summed E-state index contributed by atoms with van der Waals surface area (Å²) in [5, 5.41) is 0. The number of carbonyl (C=O) groups is 1. The molecule has 0 saturated carbocycles. The fourth-order valence-corrected chi connectivity index (χ4v) is 1.33. The molecule has 84 valence electrons. The smallest absolute Gasteiger partial charge is 0.248 e. The minimum atomic E-state index is -0.00703. The molecule has 0 rings (SSSR count). The highest BCUT2D eigenvalue weighted by Crippen LogP contribution is 1.99. The maximum absolute atomic E-state index is 11.4. The number of hydrogen-bond donors (Lipinski definition) is 0. The topological polar surface area (TPSA) is 38.8 Å². The number of halogens is 1. The van der Waals surface area contributed by atoms with Gasteiger partial charge >= 0.3 is 0 Å². The summed E-state index contributed by atoms with van der Waals surface area (Å²) in [6, 6.07) is 0. The molecule has 1 unspecified atom stereocenters. The maximum atomic E-state index is 11.4. The lowest BCUT2D eigenvalue weighted by molar-refractivity contribution is -0.135. The van der Waals surface area contributed by atoms with E-state index in [1.54, 1.807) is 19.1 Å². The van der Waals surface area contributed by atoms with E-state index in [1.165, 1.54) is 0 Å². The van der Waals surface area contributed by atoms with Gasteiger partial charge in [-0.05, 0) is 0 Å². The molecule has 0 fully saturated rings. The first-order valence-electron chi connectivity index (χ1n) is 4.52. The van der Waals surface area contributed by atoms with Crippen molar-refractivity contribution in [2.45, 2.75) is 11.8 Å². The van der Waals surface area contributed by atoms with E-state index in [-0.39, 0.29) is 12.5 Å². The Labute approximate surface area is 93.7 Å². The number of likely N-dealkylation sites (N-methyl/N-ethyl adjacent to an activating group) is 1. The highest BCUT2D eigenvalue weighted by molar-refractivity contribution is 9.09. The third-order valence-electron chi connectivity index (χ3n) is 1.61. The zero-order chi connectivity index (χ0) is 11.0. The summed E-state index contributed by atoms with van der Waals surface area (Å²) in [5.41, 5.74) is 0. The molecule has 0 saturated heterocycles. The fraction of sp³-hybridized carbons (Fsp3) is 0.889. The Morgan fingerprint density at radius 2 is 2.14 bits per heavy atom. The molecule has 1 atom stereocenters. The van der Waals surface area contributed by atoms with Gasteiger partial charge in [-0.25, -0.2) is 0 Å². The summed E-state index contributed by atoms with van der Waals surface area (Å²) in [5.74, 6) is -0.00703. The Morgan fingerprint density at radius 1 is 1.50 bits per heavy atom. The Balaban J connectivity index is 3.52. The van der Waals surface area contributed by atoms with Crippen molar-refractivity contribution in [3.8, 4) is 0 Å². The van der Waals surface area contributed by atoms with Gasteiger partial charge in [0.05, 0.1) is 13.2 Å². The van der Waals surface area contributed by atoms with Crippen LogP contribution in [0, 0.1) is 0 Å². The Morgan fingerprint density at radius 3 is 2.64 bits per heavy atom. The van der Waals surface area contributed by atoms with Gasteiger partial charge in [-0.2, -0.15) is 0 Å². The minimum absolute atomic E-state index is 0.00703. The summed E-state index contributed by atoms with van der Waals surface area (Å²) >= 11 is 3.38. The Kier molecular flexibility index (Phi) is 8.12. The summed E-state index contributed by atoms with van der Waals surface area (Å²) in [6.07, 6.45) is 0. The zero-order valence-corrected chi connectivity index (χ0v) is 10.5. The van der Waals surface area contributed by atoms with E-state index in [9.17, 15) is 4.79 Å². The standard InChI is InChI=1S/C9H18BrNO3/c1-8(10)6-11(2)9(12)7-14-5-4-13-3/h8H,4-7H2,1-3H3. The van der Waals surface area contributed by atoms with Crippen LogP contribution in [0.2, 0.25) is 0 Å². The van der Waals surface area contributed by atoms with Crippen LogP contribution >= 0.6 is 15.9 Å². The molecule has 0 heterocycles. The van der Waals surface area contributed by atoms with E-state index in [1.807, 2.05) is 6.92 Å². The second-order valence-electron chi connectivity index (χ2n) is 3.10. The third kappa shape index (κ3) is 7.29. The normalized spacial score (nSPS) is 12.6. The second kappa shape index (κ2) is 8.20.